The van der Waals surface area contributed by atoms with E-state index in [4.69, 9.17) is 5.73 Å². The van der Waals surface area contributed by atoms with Gasteiger partial charge in [0.25, 0.3) is 11.8 Å². The van der Waals surface area contributed by atoms with Crippen molar-refractivity contribution in [2.24, 2.45) is 5.73 Å². The molecule has 0 aliphatic rings. The number of hydrogen-bond acceptors (Lipinski definition) is 7. The third-order valence-electron chi connectivity index (χ3n) is 5.36. The van der Waals surface area contributed by atoms with Crippen molar-refractivity contribution in [3.05, 3.63) is 77.4 Å². The average Bonchev–Trinajstić information content (AvgIpc) is 3.46. The third-order valence-corrected chi connectivity index (χ3v) is 5.36. The molecule has 4 aromatic rings. The molecular weight excluding hydrogens is 448 g/mol. The number of amides is 2. The highest BCUT2D eigenvalue weighted by atomic mass is 16.3. The lowest BCUT2D eigenvalue weighted by Crippen LogP contribution is -2.18. The predicted molar refractivity (Wildman–Crippen MR) is 130 cm³/mol. The van der Waals surface area contributed by atoms with Crippen molar-refractivity contribution in [2.75, 3.05) is 12.4 Å². The van der Waals surface area contributed by atoms with Gasteiger partial charge in [-0.15, -0.1) is 5.10 Å². The van der Waals surface area contributed by atoms with E-state index in [9.17, 15) is 14.7 Å². The first-order valence-electron chi connectivity index (χ1n) is 10.9. The molecule has 0 atom stereocenters. The van der Waals surface area contributed by atoms with E-state index >= 15 is 0 Å². The molecule has 3 aromatic heterocycles. The number of nitrogens with two attached hydrogens (primary N) is 1. The molecule has 0 aliphatic heterocycles. The van der Waals surface area contributed by atoms with Crippen LogP contribution in [0.4, 0.5) is 11.5 Å². The molecule has 0 spiro atoms. The van der Waals surface area contributed by atoms with Crippen LogP contribution in [-0.2, 0) is 12.1 Å². The number of carbonyl (C=O) groups excluding carboxylic acids is 2. The Balaban J connectivity index is 1.56. The molecule has 0 saturated heterocycles. The zero-order valence-corrected chi connectivity index (χ0v) is 19.5. The fraction of sp³-hybridized carbons (Fsp3) is 0.208. The Morgan fingerprint density at radius 2 is 1.91 bits per heavy atom. The number of rotatable bonds is 8. The molecular formula is C24H26N8O3. The average molecular weight is 475 g/mol. The van der Waals surface area contributed by atoms with Gasteiger partial charge in [0.15, 0.2) is 5.69 Å². The van der Waals surface area contributed by atoms with Crippen LogP contribution in [0, 0.1) is 0 Å². The summed E-state index contributed by atoms with van der Waals surface area (Å²) in [5, 5.41) is 23.6. The topological polar surface area (TPSA) is 164 Å². The van der Waals surface area contributed by atoms with Gasteiger partial charge in [-0.25, -0.2) is 9.67 Å². The van der Waals surface area contributed by atoms with Crippen LogP contribution in [0.25, 0.3) is 11.3 Å². The van der Waals surface area contributed by atoms with Crippen molar-refractivity contribution in [3.63, 3.8) is 0 Å². The largest absolute Gasteiger partial charge is 0.386 e. The molecule has 4 rings (SSSR count). The van der Waals surface area contributed by atoms with Crippen LogP contribution in [0.1, 0.15) is 46.1 Å². The number of H-pyrrole nitrogens is 1. The summed E-state index contributed by atoms with van der Waals surface area (Å²) < 4.78 is 1.51. The number of pyridine rings is 1. The maximum Gasteiger partial charge on any atom is 0.273 e. The van der Waals surface area contributed by atoms with E-state index in [0.29, 0.717) is 29.4 Å². The molecule has 11 heteroatoms. The Kier molecular flexibility index (Phi) is 6.34. The number of aromatic nitrogens is 5. The van der Waals surface area contributed by atoms with Gasteiger partial charge in [-0.2, -0.15) is 0 Å². The zero-order chi connectivity index (χ0) is 25.2. The minimum atomic E-state index is -0.952. The number of nitrogens with one attached hydrogen (secondary N) is 3. The first kappa shape index (κ1) is 23.6. The van der Waals surface area contributed by atoms with Gasteiger partial charge in [-0.05, 0) is 43.2 Å². The van der Waals surface area contributed by atoms with Crippen molar-refractivity contribution < 1.29 is 14.7 Å². The molecule has 0 unspecified atom stereocenters. The number of carbonyl (C=O) groups is 2. The summed E-state index contributed by atoms with van der Waals surface area (Å²) in [5.74, 6) is -0.441. The number of benzene rings is 1. The fourth-order valence-electron chi connectivity index (χ4n) is 3.51. The van der Waals surface area contributed by atoms with Crippen LogP contribution in [0.3, 0.4) is 0 Å². The van der Waals surface area contributed by atoms with Gasteiger partial charge in [0.1, 0.15) is 11.5 Å². The van der Waals surface area contributed by atoms with Crippen molar-refractivity contribution >= 4 is 23.3 Å². The summed E-state index contributed by atoms with van der Waals surface area (Å²) in [6, 6.07) is 14.5. The lowest BCUT2D eigenvalue weighted by atomic mass is 9.97. The molecule has 1 aromatic carbocycles. The predicted octanol–water partition coefficient (Wildman–Crippen LogP) is 2.15. The molecule has 2 amide bonds. The Labute approximate surface area is 201 Å². The molecule has 0 radical (unpaired) electrons. The third kappa shape index (κ3) is 5.36. The summed E-state index contributed by atoms with van der Waals surface area (Å²) >= 11 is 0. The van der Waals surface area contributed by atoms with Crippen LogP contribution >= 0.6 is 0 Å². The highest BCUT2D eigenvalue weighted by Gasteiger charge is 2.18. The van der Waals surface area contributed by atoms with Gasteiger partial charge in [-0.1, -0.05) is 35.5 Å². The monoisotopic (exact) mass is 474 g/mol. The van der Waals surface area contributed by atoms with E-state index in [2.05, 4.69) is 30.9 Å². The van der Waals surface area contributed by atoms with Gasteiger partial charge >= 0.3 is 0 Å². The van der Waals surface area contributed by atoms with Gasteiger partial charge in [0, 0.05) is 12.7 Å². The molecule has 3 heterocycles. The number of hydrogen-bond donors (Lipinski definition) is 5. The summed E-state index contributed by atoms with van der Waals surface area (Å²) in [7, 11) is 1.52. The first-order valence-corrected chi connectivity index (χ1v) is 10.9. The van der Waals surface area contributed by atoms with E-state index in [1.54, 1.807) is 26.0 Å². The van der Waals surface area contributed by atoms with Crippen LogP contribution in [0.15, 0.2) is 54.7 Å². The number of aliphatic hydroxyl groups is 1. The molecule has 0 fully saturated rings. The number of nitrogens with zero attached hydrogens (tertiary/aromatic N) is 4. The number of aromatic amines is 1. The Morgan fingerprint density at radius 3 is 2.57 bits per heavy atom. The second-order valence-electron chi connectivity index (χ2n) is 8.49. The van der Waals surface area contributed by atoms with E-state index in [0.717, 1.165) is 11.1 Å². The normalized spacial score (nSPS) is 11.3. The number of anilines is 2. The maximum absolute atomic E-state index is 12.1. The van der Waals surface area contributed by atoms with E-state index < -0.39 is 11.5 Å². The highest BCUT2D eigenvalue weighted by Crippen LogP contribution is 2.29. The molecule has 35 heavy (non-hydrogen) atoms. The quantitative estimate of drug-likeness (QED) is 0.261. The summed E-state index contributed by atoms with van der Waals surface area (Å²) in [5.41, 5.74) is 8.50. The van der Waals surface area contributed by atoms with Crippen molar-refractivity contribution in [1.82, 2.24) is 30.3 Å². The molecule has 0 bridgehead atoms. The Bertz CT molecular complexity index is 1370. The van der Waals surface area contributed by atoms with Gasteiger partial charge in [-0.3, -0.25) is 9.59 Å². The Hall–Kier alpha value is -4.51. The minimum absolute atomic E-state index is 0.211. The maximum atomic E-state index is 12.1. The first-order chi connectivity index (χ1) is 16.6. The smallest absolute Gasteiger partial charge is 0.273 e. The summed E-state index contributed by atoms with van der Waals surface area (Å²) in [6.45, 7) is 3.73. The number of primary amides is 1. The molecule has 11 nitrogen and oxygen atoms in total. The second kappa shape index (κ2) is 9.39. The Morgan fingerprint density at radius 1 is 1.17 bits per heavy atom. The standard InChI is InChI=1S/C24H26N8O3/c1-24(2,35)15-9-7-14(8-10-15)17-11-18(21(29-17)22(25)33)28-20-6-4-5-16(27-20)12-32-13-19(30-31-32)23(34)26-3/h4-11,13,29,35H,12H2,1-3H3,(H2,25,33)(H,26,34)(H,27,28). The van der Waals surface area contributed by atoms with Gasteiger partial charge in [0.05, 0.1) is 29.7 Å². The second-order valence-corrected chi connectivity index (χ2v) is 8.49. The lowest BCUT2D eigenvalue weighted by molar-refractivity contribution is 0.0786. The van der Waals surface area contributed by atoms with Crippen molar-refractivity contribution in [3.8, 4) is 11.3 Å². The molecule has 6 N–H and O–H groups in total. The lowest BCUT2D eigenvalue weighted by Gasteiger charge is -2.17. The van der Waals surface area contributed by atoms with Gasteiger partial charge < -0.3 is 26.5 Å². The molecule has 180 valence electrons. The van der Waals surface area contributed by atoms with Crippen molar-refractivity contribution in [2.45, 2.75) is 26.0 Å². The SMILES string of the molecule is CNC(=O)c1cn(Cc2cccc(Nc3cc(-c4ccc(C(C)(C)O)cc4)[nH]c3C(N)=O)n2)nn1. The summed E-state index contributed by atoms with van der Waals surface area (Å²) in [6.07, 6.45) is 1.54. The highest BCUT2D eigenvalue weighted by molar-refractivity contribution is 5.99. The van der Waals surface area contributed by atoms with Gasteiger partial charge in [0.2, 0.25) is 0 Å². The minimum Gasteiger partial charge on any atom is -0.386 e. The molecule has 0 aliphatic carbocycles. The summed E-state index contributed by atoms with van der Waals surface area (Å²) in [4.78, 5) is 31.4. The van der Waals surface area contributed by atoms with Crippen LogP contribution in [0.2, 0.25) is 0 Å². The zero-order valence-electron chi connectivity index (χ0n) is 19.5. The van der Waals surface area contributed by atoms with E-state index in [1.165, 1.54) is 17.9 Å². The van der Waals surface area contributed by atoms with Crippen LogP contribution in [0.5, 0.6) is 0 Å². The van der Waals surface area contributed by atoms with Crippen LogP contribution < -0.4 is 16.4 Å². The fourth-order valence-corrected chi connectivity index (χ4v) is 3.51. The van der Waals surface area contributed by atoms with E-state index in [1.807, 2.05) is 36.4 Å². The van der Waals surface area contributed by atoms with Crippen molar-refractivity contribution in [1.29, 1.82) is 0 Å². The van der Waals surface area contributed by atoms with Crippen LogP contribution in [-0.4, -0.2) is 48.9 Å². The van der Waals surface area contributed by atoms with E-state index in [-0.39, 0.29) is 17.3 Å². The molecule has 0 saturated carbocycles.